The Kier molecular flexibility index (Phi) is 6.05. The van der Waals surface area contributed by atoms with E-state index in [1.165, 1.54) is 0 Å². The highest BCUT2D eigenvalue weighted by Crippen LogP contribution is 1.97. The Morgan fingerprint density at radius 3 is 2.73 bits per heavy atom. The summed E-state index contributed by atoms with van der Waals surface area (Å²) in [5, 5.41) is 3.25. The molecular formula is C10H21N3OS. The van der Waals surface area contributed by atoms with Gasteiger partial charge in [0.2, 0.25) is 5.91 Å². The number of nitrogens with zero attached hydrogens (tertiary/aromatic N) is 2. The molecule has 1 aliphatic heterocycles. The average Bonchev–Trinajstić information content (AvgIpc) is 2.27. The third-order valence-electron chi connectivity index (χ3n) is 2.55. The molecule has 0 saturated carbocycles. The molecule has 0 bridgehead atoms. The van der Waals surface area contributed by atoms with E-state index < -0.39 is 0 Å². The number of hydrogen-bond acceptors (Lipinski definition) is 4. The summed E-state index contributed by atoms with van der Waals surface area (Å²) in [6, 6.07) is 0. The Hall–Kier alpha value is -0.260. The van der Waals surface area contributed by atoms with Crippen LogP contribution in [0.2, 0.25) is 0 Å². The Labute approximate surface area is 96.4 Å². The zero-order chi connectivity index (χ0) is 11.1. The second-order valence-corrected chi connectivity index (χ2v) is 4.85. The van der Waals surface area contributed by atoms with Crippen molar-refractivity contribution in [1.29, 1.82) is 0 Å². The molecule has 0 spiro atoms. The van der Waals surface area contributed by atoms with E-state index in [0.717, 1.165) is 38.5 Å². The largest absolute Gasteiger partial charge is 0.339 e. The maximum atomic E-state index is 11.8. The fraction of sp³-hybridized carbons (Fsp3) is 0.900. The van der Waals surface area contributed by atoms with Gasteiger partial charge in [-0.1, -0.05) is 0 Å². The molecule has 5 heteroatoms. The van der Waals surface area contributed by atoms with Crippen molar-refractivity contribution in [3.8, 4) is 0 Å². The van der Waals surface area contributed by atoms with Crippen LogP contribution in [0.4, 0.5) is 0 Å². The quantitative estimate of drug-likeness (QED) is 0.705. The lowest BCUT2D eigenvalue weighted by molar-refractivity contribution is -0.132. The third-order valence-corrected chi connectivity index (χ3v) is 3.14. The van der Waals surface area contributed by atoms with Crippen LogP contribution in [0, 0.1) is 0 Å². The highest BCUT2D eigenvalue weighted by molar-refractivity contribution is 7.98. The molecule has 0 radical (unpaired) electrons. The summed E-state index contributed by atoms with van der Waals surface area (Å²) in [5.41, 5.74) is 0. The first kappa shape index (κ1) is 12.8. The van der Waals surface area contributed by atoms with Gasteiger partial charge in [0.05, 0.1) is 6.54 Å². The lowest BCUT2D eigenvalue weighted by atomic mass is 10.3. The first-order chi connectivity index (χ1) is 7.24. The van der Waals surface area contributed by atoms with Crippen molar-refractivity contribution >= 4 is 17.7 Å². The fourth-order valence-electron chi connectivity index (χ4n) is 1.57. The van der Waals surface area contributed by atoms with E-state index in [1.807, 2.05) is 23.7 Å². The molecule has 0 atom stereocenters. The Morgan fingerprint density at radius 2 is 2.13 bits per heavy atom. The van der Waals surface area contributed by atoms with Crippen LogP contribution in [0.1, 0.15) is 0 Å². The molecule has 15 heavy (non-hydrogen) atoms. The molecule has 0 unspecified atom stereocenters. The Morgan fingerprint density at radius 1 is 1.47 bits per heavy atom. The zero-order valence-electron chi connectivity index (χ0n) is 9.66. The predicted molar refractivity (Wildman–Crippen MR) is 65.3 cm³/mol. The zero-order valence-corrected chi connectivity index (χ0v) is 10.5. The summed E-state index contributed by atoms with van der Waals surface area (Å²) in [6.45, 7) is 5.12. The molecule has 0 aromatic rings. The van der Waals surface area contributed by atoms with Crippen molar-refractivity contribution in [2.45, 2.75) is 0 Å². The number of rotatable bonds is 5. The second-order valence-electron chi connectivity index (χ2n) is 3.86. The minimum absolute atomic E-state index is 0.264. The number of piperazine rings is 1. The van der Waals surface area contributed by atoms with Crippen molar-refractivity contribution in [2.24, 2.45) is 0 Å². The first-order valence-electron chi connectivity index (χ1n) is 5.40. The predicted octanol–water partition coefficient (Wildman–Crippen LogP) is -0.287. The van der Waals surface area contributed by atoms with E-state index in [4.69, 9.17) is 0 Å². The van der Waals surface area contributed by atoms with E-state index in [-0.39, 0.29) is 5.91 Å². The molecule has 1 fully saturated rings. The molecule has 0 aromatic heterocycles. The summed E-state index contributed by atoms with van der Waals surface area (Å²) in [6.07, 6.45) is 2.09. The third kappa shape index (κ3) is 4.86. The van der Waals surface area contributed by atoms with E-state index in [9.17, 15) is 4.79 Å². The summed E-state index contributed by atoms with van der Waals surface area (Å²) < 4.78 is 0. The maximum Gasteiger partial charge on any atom is 0.236 e. The molecule has 0 aliphatic carbocycles. The molecule has 88 valence electrons. The van der Waals surface area contributed by atoms with Crippen LogP contribution in [0.15, 0.2) is 0 Å². The first-order valence-corrected chi connectivity index (χ1v) is 6.79. The molecule has 1 heterocycles. The van der Waals surface area contributed by atoms with Crippen molar-refractivity contribution in [1.82, 2.24) is 15.1 Å². The van der Waals surface area contributed by atoms with Crippen molar-refractivity contribution < 1.29 is 4.79 Å². The van der Waals surface area contributed by atoms with Gasteiger partial charge in [0.1, 0.15) is 0 Å². The van der Waals surface area contributed by atoms with Crippen LogP contribution in [0.5, 0.6) is 0 Å². The van der Waals surface area contributed by atoms with Crippen LogP contribution in [-0.2, 0) is 4.79 Å². The van der Waals surface area contributed by atoms with Crippen LogP contribution < -0.4 is 5.32 Å². The summed E-state index contributed by atoms with van der Waals surface area (Å²) in [4.78, 5) is 15.9. The van der Waals surface area contributed by atoms with Crippen molar-refractivity contribution in [3.05, 3.63) is 0 Å². The number of likely N-dealkylation sites (N-methyl/N-ethyl adjacent to an activating group) is 1. The Balaban J connectivity index is 2.21. The van der Waals surface area contributed by atoms with Gasteiger partial charge >= 0.3 is 0 Å². The van der Waals surface area contributed by atoms with E-state index >= 15 is 0 Å². The number of hydrogen-bond donors (Lipinski definition) is 1. The number of nitrogens with one attached hydrogen (secondary N) is 1. The Bertz CT molecular complexity index is 195. The SMILES string of the molecule is CSCCN(C)CC(=O)N1CCNCC1. The molecule has 1 aliphatic rings. The summed E-state index contributed by atoms with van der Waals surface area (Å²) >= 11 is 1.82. The van der Waals surface area contributed by atoms with Crippen LogP contribution in [-0.4, -0.2) is 74.0 Å². The van der Waals surface area contributed by atoms with Crippen LogP contribution in [0.3, 0.4) is 0 Å². The van der Waals surface area contributed by atoms with Crippen LogP contribution >= 0.6 is 11.8 Å². The maximum absolute atomic E-state index is 11.8. The van der Waals surface area contributed by atoms with Gasteiger partial charge in [-0.15, -0.1) is 0 Å². The number of carbonyl (C=O) groups excluding carboxylic acids is 1. The topological polar surface area (TPSA) is 35.6 Å². The molecule has 0 aromatic carbocycles. The molecule has 4 nitrogen and oxygen atoms in total. The fourth-order valence-corrected chi connectivity index (χ4v) is 2.07. The van der Waals surface area contributed by atoms with Gasteiger partial charge < -0.3 is 10.2 Å². The highest BCUT2D eigenvalue weighted by atomic mass is 32.2. The minimum atomic E-state index is 0.264. The van der Waals surface area contributed by atoms with Gasteiger partial charge in [0.25, 0.3) is 0 Å². The van der Waals surface area contributed by atoms with Crippen molar-refractivity contribution in [2.75, 3.05) is 58.3 Å². The van der Waals surface area contributed by atoms with Gasteiger partial charge in [-0.05, 0) is 13.3 Å². The smallest absolute Gasteiger partial charge is 0.236 e. The van der Waals surface area contributed by atoms with Crippen LogP contribution in [0.25, 0.3) is 0 Å². The molecule has 1 rings (SSSR count). The standard InChI is InChI=1S/C10H21N3OS/c1-12(7-8-15-2)9-10(14)13-5-3-11-4-6-13/h11H,3-9H2,1-2H3. The van der Waals surface area contributed by atoms with Gasteiger partial charge in [0.15, 0.2) is 0 Å². The van der Waals surface area contributed by atoms with Gasteiger partial charge in [-0.2, -0.15) is 11.8 Å². The monoisotopic (exact) mass is 231 g/mol. The van der Waals surface area contributed by atoms with E-state index in [2.05, 4.69) is 16.5 Å². The minimum Gasteiger partial charge on any atom is -0.339 e. The summed E-state index contributed by atoms with van der Waals surface area (Å²) in [7, 11) is 2.01. The highest BCUT2D eigenvalue weighted by Gasteiger charge is 2.16. The summed E-state index contributed by atoms with van der Waals surface area (Å²) in [5.74, 6) is 1.35. The number of carbonyl (C=O) groups is 1. The van der Waals surface area contributed by atoms with Crippen molar-refractivity contribution in [3.63, 3.8) is 0 Å². The van der Waals surface area contributed by atoms with E-state index in [0.29, 0.717) is 6.54 Å². The number of amides is 1. The van der Waals surface area contributed by atoms with Gasteiger partial charge in [-0.3, -0.25) is 9.69 Å². The lowest BCUT2D eigenvalue weighted by Gasteiger charge is -2.29. The van der Waals surface area contributed by atoms with Gasteiger partial charge in [-0.25, -0.2) is 0 Å². The average molecular weight is 231 g/mol. The number of thioether (sulfide) groups is 1. The lowest BCUT2D eigenvalue weighted by Crippen LogP contribution is -2.49. The van der Waals surface area contributed by atoms with Gasteiger partial charge in [0, 0.05) is 38.5 Å². The van der Waals surface area contributed by atoms with E-state index in [1.54, 1.807) is 0 Å². The molecule has 1 saturated heterocycles. The normalized spacial score (nSPS) is 17.1. The molecule has 1 amide bonds. The second kappa shape index (κ2) is 7.09. The molecule has 1 N–H and O–H groups in total. The molecular weight excluding hydrogens is 210 g/mol.